The van der Waals surface area contributed by atoms with Gasteiger partial charge in [0.15, 0.2) is 22.9 Å². The van der Waals surface area contributed by atoms with E-state index < -0.39 is 66.9 Å². The molecular weight excluding hydrogens is 691 g/mol. The molecule has 5 rings (SSSR count). The number of esters is 2. The Kier molecular flexibility index (Phi) is 10.1. The maximum Gasteiger partial charge on any atom is 0.321 e. The summed E-state index contributed by atoms with van der Waals surface area (Å²) in [5.41, 5.74) is -1.44. The van der Waals surface area contributed by atoms with Crippen LogP contribution in [-0.2, 0) is 39.8 Å². The average molecular weight is 719 g/mol. The highest BCUT2D eigenvalue weighted by Crippen LogP contribution is 2.44. The number of urea groups is 1. The maximum atomic E-state index is 12.6. The number of nitrogens with zero attached hydrogens (tertiary/aromatic N) is 5. The third-order valence-corrected chi connectivity index (χ3v) is 8.21. The summed E-state index contributed by atoms with van der Waals surface area (Å²) >= 11 is 12.3. The molecule has 4 heterocycles. The molecule has 19 heteroatoms. The Hall–Kier alpha value is -5.18. The zero-order valence-corrected chi connectivity index (χ0v) is 27.3. The first-order valence-corrected chi connectivity index (χ1v) is 15.3. The van der Waals surface area contributed by atoms with Gasteiger partial charge >= 0.3 is 29.9 Å². The summed E-state index contributed by atoms with van der Waals surface area (Å²) in [7, 11) is 0. The fraction of sp³-hybridized carbons (Fsp3) is 0.400. The van der Waals surface area contributed by atoms with Gasteiger partial charge in [0.05, 0.1) is 6.33 Å². The Morgan fingerprint density at radius 3 is 2.55 bits per heavy atom. The number of imidazole rings is 1. The number of carbonyl (C=O) groups excluding carboxylic acids is 3. The number of fused-ring (bicyclic) bond motifs is 1. The number of rotatable bonds is 11. The summed E-state index contributed by atoms with van der Waals surface area (Å²) in [4.78, 5) is 74.7. The lowest BCUT2D eigenvalue weighted by Crippen LogP contribution is -2.53. The largest absolute Gasteiger partial charge is 0.490 e. The van der Waals surface area contributed by atoms with Crippen LogP contribution < -0.4 is 15.0 Å². The van der Waals surface area contributed by atoms with Gasteiger partial charge in [-0.25, -0.2) is 14.8 Å². The zero-order chi connectivity index (χ0) is 35.6. The Balaban J connectivity index is 1.57. The van der Waals surface area contributed by atoms with Gasteiger partial charge in [-0.15, -0.1) is 6.42 Å². The summed E-state index contributed by atoms with van der Waals surface area (Å²) in [5.74, 6) is -4.30. The molecule has 0 unspecified atom stereocenters. The van der Waals surface area contributed by atoms with E-state index in [4.69, 9.17) is 48.6 Å². The van der Waals surface area contributed by atoms with Gasteiger partial charge in [0.2, 0.25) is 17.0 Å². The van der Waals surface area contributed by atoms with Gasteiger partial charge in [0, 0.05) is 38.7 Å². The molecule has 3 aromatic rings. The Morgan fingerprint density at radius 2 is 1.92 bits per heavy atom. The predicted octanol–water partition coefficient (Wildman–Crippen LogP) is 2.22. The summed E-state index contributed by atoms with van der Waals surface area (Å²) < 4.78 is 25.0. The molecule has 258 valence electrons. The van der Waals surface area contributed by atoms with Gasteiger partial charge in [-0.2, -0.15) is 4.98 Å². The van der Waals surface area contributed by atoms with Crippen LogP contribution in [0, 0.1) is 18.3 Å². The van der Waals surface area contributed by atoms with Crippen molar-refractivity contribution in [3.63, 3.8) is 0 Å². The Bertz CT molecular complexity index is 1870. The van der Waals surface area contributed by atoms with E-state index in [1.54, 1.807) is 0 Å². The molecule has 17 nitrogen and oxygen atoms in total. The monoisotopic (exact) mass is 718 g/mol. The first-order valence-electron chi connectivity index (χ1n) is 14.6. The molecule has 2 aromatic heterocycles. The van der Waals surface area contributed by atoms with Crippen LogP contribution in [0.3, 0.4) is 0 Å². The van der Waals surface area contributed by atoms with Crippen molar-refractivity contribution in [2.45, 2.75) is 50.7 Å². The summed E-state index contributed by atoms with van der Waals surface area (Å²) in [6.45, 7) is 2.49. The van der Waals surface area contributed by atoms with Crippen LogP contribution in [0.5, 0.6) is 5.75 Å². The Morgan fingerprint density at radius 1 is 1.18 bits per heavy atom. The molecule has 3 N–H and O–H groups in total. The fourth-order valence-electron chi connectivity index (χ4n) is 5.60. The number of carbonyl (C=O) groups is 5. The molecule has 4 atom stereocenters. The highest BCUT2D eigenvalue weighted by molar-refractivity contribution is 6.35. The summed E-state index contributed by atoms with van der Waals surface area (Å²) in [6, 6.07) is 4.02. The van der Waals surface area contributed by atoms with Crippen molar-refractivity contribution in [2.24, 2.45) is 5.92 Å². The maximum absolute atomic E-state index is 12.6. The van der Waals surface area contributed by atoms with E-state index in [0.29, 0.717) is 25.2 Å². The molecular formula is C30H28Cl2N6O11. The van der Waals surface area contributed by atoms with Gasteiger partial charge in [-0.05, 0) is 36.1 Å². The topological polar surface area (TPSA) is 222 Å². The lowest BCUT2D eigenvalue weighted by molar-refractivity contribution is -0.174. The van der Waals surface area contributed by atoms with Crippen molar-refractivity contribution >= 4 is 70.0 Å². The van der Waals surface area contributed by atoms with Gasteiger partial charge in [0.1, 0.15) is 24.0 Å². The second kappa shape index (κ2) is 14.1. The van der Waals surface area contributed by atoms with Gasteiger partial charge in [-0.1, -0.05) is 23.6 Å². The van der Waals surface area contributed by atoms with Crippen molar-refractivity contribution in [1.82, 2.24) is 24.8 Å². The molecule has 0 aliphatic carbocycles. The number of carboxylic acids is 2. The first kappa shape index (κ1) is 35.1. The normalized spacial score (nSPS) is 22.0. The van der Waals surface area contributed by atoms with Gasteiger partial charge in [0.25, 0.3) is 0 Å². The smallest absolute Gasteiger partial charge is 0.321 e. The SMILES string of the molecule is C#C[C@@]1(OC(C)=O)[C@@H](COc2cc(N3CCCNC3=O)ccc2CC(C(=O)O)C(=O)O)O[C@@H](n2cnc3c(Cl)nc(Cl)nc32)[C@@H]1OC(C)=O. The van der Waals surface area contributed by atoms with Crippen molar-refractivity contribution < 1.29 is 53.1 Å². The molecule has 2 aliphatic rings. The van der Waals surface area contributed by atoms with Gasteiger partial charge < -0.3 is 34.5 Å². The average Bonchev–Trinajstić information content (AvgIpc) is 3.57. The minimum atomic E-state index is -2.13. The second-order valence-corrected chi connectivity index (χ2v) is 11.7. The number of carboxylic acid groups (broad SMARTS) is 2. The van der Waals surface area contributed by atoms with Gasteiger partial charge in [-0.3, -0.25) is 28.6 Å². The summed E-state index contributed by atoms with van der Waals surface area (Å²) in [6.07, 6.45) is 3.10. The highest BCUT2D eigenvalue weighted by atomic mass is 35.5. The van der Waals surface area contributed by atoms with E-state index in [9.17, 15) is 34.2 Å². The minimum absolute atomic E-state index is 0.0207. The lowest BCUT2D eigenvalue weighted by Gasteiger charge is -2.32. The van der Waals surface area contributed by atoms with Crippen molar-refractivity contribution in [2.75, 3.05) is 24.6 Å². The number of ether oxygens (including phenoxy) is 4. The quantitative estimate of drug-likeness (QED) is 0.0851. The number of hydrogen-bond donors (Lipinski definition) is 3. The number of nitrogens with one attached hydrogen (secondary N) is 1. The van der Waals surface area contributed by atoms with E-state index in [2.05, 4.69) is 26.2 Å². The predicted molar refractivity (Wildman–Crippen MR) is 168 cm³/mol. The molecule has 2 amide bonds. The van der Waals surface area contributed by atoms with Crippen LogP contribution in [0.1, 0.15) is 32.1 Å². The second-order valence-electron chi connectivity index (χ2n) is 11.0. The molecule has 2 saturated heterocycles. The zero-order valence-electron chi connectivity index (χ0n) is 25.8. The minimum Gasteiger partial charge on any atom is -0.490 e. The number of halogens is 2. The molecule has 0 bridgehead atoms. The van der Waals surface area contributed by atoms with E-state index in [-0.39, 0.29) is 38.9 Å². The number of benzene rings is 1. The van der Waals surface area contributed by atoms with Crippen molar-refractivity contribution in [3.05, 3.63) is 40.5 Å². The number of anilines is 1. The molecule has 0 radical (unpaired) electrons. The standard InChI is InChI=1S/C30H28Cl2N6O11/c1-4-30(49-15(3)40)20(48-25(22(30)47-14(2)39)38-13-34-21-23(31)35-28(32)36-24(21)38)12-46-19-11-17(37-9-5-8-33-29(37)45)7-6-16(19)10-18(26(41)42)27(43)44/h1,6-7,11,13,18,20,22,25H,5,8-10,12H2,2-3H3,(H,33,45)(H,41,42)(H,43,44)/t20-,22+,25-,30-/m1/s1. The van der Waals surface area contributed by atoms with Crippen LogP contribution in [0.25, 0.3) is 11.2 Å². The lowest BCUT2D eigenvalue weighted by atomic mass is 9.92. The van der Waals surface area contributed by atoms with Crippen molar-refractivity contribution in [1.29, 1.82) is 0 Å². The van der Waals surface area contributed by atoms with Crippen LogP contribution in [0.15, 0.2) is 24.5 Å². The van der Waals surface area contributed by atoms with E-state index in [1.165, 1.54) is 34.0 Å². The van der Waals surface area contributed by atoms with E-state index >= 15 is 0 Å². The number of aliphatic carboxylic acids is 2. The van der Waals surface area contributed by atoms with Crippen LogP contribution in [0.4, 0.5) is 10.5 Å². The van der Waals surface area contributed by atoms with Crippen molar-refractivity contribution in [3.8, 4) is 18.1 Å². The fourth-order valence-corrected chi connectivity index (χ4v) is 6.02. The molecule has 1 aromatic carbocycles. The molecule has 0 spiro atoms. The van der Waals surface area contributed by atoms with Crippen LogP contribution in [0.2, 0.25) is 10.4 Å². The number of hydrogen-bond acceptors (Lipinski definition) is 12. The van der Waals surface area contributed by atoms with Crippen LogP contribution in [-0.4, -0.2) is 97.1 Å². The summed E-state index contributed by atoms with van der Waals surface area (Å²) in [5, 5.41) is 21.5. The number of amides is 2. The van der Waals surface area contributed by atoms with E-state index in [0.717, 1.165) is 13.8 Å². The number of terminal acetylenes is 1. The third-order valence-electron chi connectivity index (χ3n) is 7.77. The van der Waals surface area contributed by atoms with E-state index in [1.807, 2.05) is 0 Å². The third kappa shape index (κ3) is 7.02. The molecule has 49 heavy (non-hydrogen) atoms. The molecule has 2 aliphatic heterocycles. The van der Waals surface area contributed by atoms with Crippen LogP contribution >= 0.6 is 23.2 Å². The first-order chi connectivity index (χ1) is 23.2. The number of aromatic nitrogens is 4. The molecule has 2 fully saturated rings. The molecule has 0 saturated carbocycles. The Labute approximate surface area is 287 Å². The highest BCUT2D eigenvalue weighted by Gasteiger charge is 2.62.